The fraction of sp³-hybridized carbons (Fsp3) is 0.333. The van der Waals surface area contributed by atoms with Crippen molar-refractivity contribution in [1.29, 1.82) is 0 Å². The van der Waals surface area contributed by atoms with E-state index >= 15 is 0 Å². The first-order valence-electron chi connectivity index (χ1n) is 3.26. The highest BCUT2D eigenvalue weighted by Gasteiger charge is 2.28. The van der Waals surface area contributed by atoms with Crippen molar-refractivity contribution in [1.82, 2.24) is 0 Å². The lowest BCUT2D eigenvalue weighted by atomic mass is 10.6. The van der Waals surface area contributed by atoms with Gasteiger partial charge < -0.3 is 9.47 Å². The number of hydrogen-bond acceptors (Lipinski definition) is 6. The molecule has 0 aromatic heterocycles. The minimum absolute atomic E-state index is 0.00542. The molecule has 2 aliphatic rings. The van der Waals surface area contributed by atoms with Gasteiger partial charge >= 0.3 is 11.9 Å². The predicted molar refractivity (Wildman–Crippen MR) is 36.8 cm³/mol. The van der Waals surface area contributed by atoms with Gasteiger partial charge in [-0.05, 0) is 0 Å². The number of esters is 2. The van der Waals surface area contributed by atoms with E-state index in [4.69, 9.17) is 0 Å². The van der Waals surface area contributed by atoms with Crippen molar-refractivity contribution in [3.63, 3.8) is 0 Å². The number of aliphatic imine (C=N–C) groups is 2. The van der Waals surface area contributed by atoms with E-state index in [1.54, 1.807) is 0 Å². The summed E-state index contributed by atoms with van der Waals surface area (Å²) >= 11 is 0. The van der Waals surface area contributed by atoms with Gasteiger partial charge in [-0.1, -0.05) is 0 Å². The maximum absolute atomic E-state index is 10.6. The average molecular weight is 168 g/mol. The summed E-state index contributed by atoms with van der Waals surface area (Å²) in [7, 11) is 0. The van der Waals surface area contributed by atoms with Gasteiger partial charge in [0.25, 0.3) is 11.8 Å². The first-order chi connectivity index (χ1) is 5.75. The molecule has 0 aromatic carbocycles. The van der Waals surface area contributed by atoms with Crippen LogP contribution in [0.1, 0.15) is 0 Å². The average Bonchev–Trinajstić information content (AvgIpc) is 2.58. The van der Waals surface area contributed by atoms with Gasteiger partial charge in [-0.3, -0.25) is 0 Å². The van der Waals surface area contributed by atoms with E-state index in [9.17, 15) is 9.59 Å². The molecule has 0 saturated carbocycles. The van der Waals surface area contributed by atoms with Crippen LogP contribution in [0, 0.1) is 0 Å². The number of nitrogens with zero attached hydrogens (tertiary/aromatic N) is 2. The zero-order valence-electron chi connectivity index (χ0n) is 5.94. The van der Waals surface area contributed by atoms with Crippen molar-refractivity contribution < 1.29 is 19.1 Å². The minimum Gasteiger partial charge on any atom is -0.401 e. The van der Waals surface area contributed by atoms with Crippen LogP contribution in [0.25, 0.3) is 0 Å². The Kier molecular flexibility index (Phi) is 1.39. The molecule has 0 amide bonds. The normalized spacial score (nSPS) is 21.7. The van der Waals surface area contributed by atoms with E-state index < -0.39 is 11.9 Å². The SMILES string of the molecule is O=C1CN=C(C2=NCC(=O)O2)O1. The van der Waals surface area contributed by atoms with Crippen LogP contribution in [0.4, 0.5) is 0 Å². The van der Waals surface area contributed by atoms with E-state index in [0.717, 1.165) is 0 Å². The standard InChI is InChI=1S/C6H4N2O4/c9-3-1-7-5(11-3)6-8-2-4(10)12-6/h1-2H2. The van der Waals surface area contributed by atoms with E-state index in [-0.39, 0.29) is 24.9 Å². The second kappa shape index (κ2) is 2.40. The van der Waals surface area contributed by atoms with Crippen molar-refractivity contribution in [2.75, 3.05) is 13.1 Å². The first-order valence-corrected chi connectivity index (χ1v) is 3.26. The van der Waals surface area contributed by atoms with Gasteiger partial charge in [0.05, 0.1) is 0 Å². The molecule has 12 heavy (non-hydrogen) atoms. The van der Waals surface area contributed by atoms with Crippen molar-refractivity contribution in [2.45, 2.75) is 0 Å². The van der Waals surface area contributed by atoms with E-state index in [1.165, 1.54) is 0 Å². The summed E-state index contributed by atoms with van der Waals surface area (Å²) in [5.41, 5.74) is 0. The molecule has 0 fully saturated rings. The van der Waals surface area contributed by atoms with Crippen LogP contribution in [-0.4, -0.2) is 36.8 Å². The Bertz CT molecular complexity index is 286. The summed E-state index contributed by atoms with van der Waals surface area (Å²) in [6.45, 7) is -0.0716. The Morgan fingerprint density at radius 2 is 1.33 bits per heavy atom. The van der Waals surface area contributed by atoms with Gasteiger partial charge in [0.15, 0.2) is 0 Å². The zero-order chi connectivity index (χ0) is 8.55. The Morgan fingerprint density at radius 3 is 1.58 bits per heavy atom. The molecule has 0 unspecified atom stereocenters. The smallest absolute Gasteiger partial charge is 0.334 e. The van der Waals surface area contributed by atoms with Crippen LogP contribution in [0.3, 0.4) is 0 Å². The lowest BCUT2D eigenvalue weighted by Gasteiger charge is -1.96. The number of rotatable bonds is 1. The van der Waals surface area contributed by atoms with Gasteiger partial charge in [-0.25, -0.2) is 19.6 Å². The highest BCUT2D eigenvalue weighted by molar-refractivity contribution is 6.40. The molecule has 0 saturated heterocycles. The fourth-order valence-electron chi connectivity index (χ4n) is 0.840. The Labute approximate surface area is 66.9 Å². The van der Waals surface area contributed by atoms with Crippen LogP contribution >= 0.6 is 0 Å². The molecule has 0 aromatic rings. The number of cyclic esters (lactones) is 2. The highest BCUT2D eigenvalue weighted by Crippen LogP contribution is 2.04. The third-order valence-corrected chi connectivity index (χ3v) is 1.31. The van der Waals surface area contributed by atoms with E-state index in [2.05, 4.69) is 19.5 Å². The van der Waals surface area contributed by atoms with Crippen molar-refractivity contribution in [2.24, 2.45) is 9.98 Å². The molecule has 0 atom stereocenters. The molecule has 6 nitrogen and oxygen atoms in total. The number of ether oxygens (including phenoxy) is 2. The molecule has 0 radical (unpaired) electrons. The first kappa shape index (κ1) is 6.96. The summed E-state index contributed by atoms with van der Waals surface area (Å²) in [5, 5.41) is 0. The molecule has 2 heterocycles. The maximum Gasteiger partial charge on any atom is 0.334 e. The molecule has 2 rings (SSSR count). The zero-order valence-corrected chi connectivity index (χ0v) is 5.94. The maximum atomic E-state index is 10.6. The molecule has 2 aliphatic heterocycles. The van der Waals surface area contributed by atoms with Gasteiger partial charge in [0, 0.05) is 0 Å². The summed E-state index contributed by atoms with van der Waals surface area (Å²) in [4.78, 5) is 28.5. The quantitative estimate of drug-likeness (QED) is 0.465. The Morgan fingerprint density at radius 1 is 0.917 bits per heavy atom. The lowest BCUT2D eigenvalue weighted by molar-refractivity contribution is -0.134. The summed E-state index contributed by atoms with van der Waals surface area (Å²) in [5.74, 6) is -0.914. The van der Waals surface area contributed by atoms with Crippen LogP contribution in [0.5, 0.6) is 0 Å². The molecule has 62 valence electrons. The molecule has 0 spiro atoms. The molecule has 0 bridgehead atoms. The van der Waals surface area contributed by atoms with Crippen LogP contribution in [-0.2, 0) is 19.1 Å². The minimum atomic E-state index is -0.462. The van der Waals surface area contributed by atoms with Gasteiger partial charge in [0.1, 0.15) is 13.1 Å². The molecular formula is C6H4N2O4. The lowest BCUT2D eigenvalue weighted by Crippen LogP contribution is -2.17. The van der Waals surface area contributed by atoms with Crippen LogP contribution < -0.4 is 0 Å². The highest BCUT2D eigenvalue weighted by atomic mass is 16.6. The third kappa shape index (κ3) is 1.07. The number of carbonyl (C=O) groups excluding carboxylic acids is 2. The van der Waals surface area contributed by atoms with Gasteiger partial charge in [0.2, 0.25) is 0 Å². The van der Waals surface area contributed by atoms with Gasteiger partial charge in [-0.2, -0.15) is 0 Å². The van der Waals surface area contributed by atoms with E-state index in [0.29, 0.717) is 0 Å². The third-order valence-electron chi connectivity index (χ3n) is 1.31. The number of carbonyl (C=O) groups is 2. The topological polar surface area (TPSA) is 77.3 Å². The predicted octanol–water partition coefficient (Wildman–Crippen LogP) is -1.10. The van der Waals surface area contributed by atoms with Crippen LogP contribution in [0.2, 0.25) is 0 Å². The monoisotopic (exact) mass is 168 g/mol. The van der Waals surface area contributed by atoms with Crippen molar-refractivity contribution >= 4 is 23.7 Å². The summed E-state index contributed by atoms with van der Waals surface area (Å²) in [6.07, 6.45) is 0. The molecular weight excluding hydrogens is 164 g/mol. The molecule has 0 N–H and O–H groups in total. The fourth-order valence-corrected chi connectivity index (χ4v) is 0.840. The Balaban J connectivity index is 2.12. The number of hydrogen-bond donors (Lipinski definition) is 0. The van der Waals surface area contributed by atoms with Crippen molar-refractivity contribution in [3.8, 4) is 0 Å². The Hall–Kier alpha value is -1.72. The molecule has 6 heteroatoms. The molecule has 0 aliphatic carbocycles. The largest absolute Gasteiger partial charge is 0.401 e. The second-order valence-corrected chi connectivity index (χ2v) is 2.19. The van der Waals surface area contributed by atoms with E-state index in [1.807, 2.05) is 0 Å². The van der Waals surface area contributed by atoms with Crippen molar-refractivity contribution in [3.05, 3.63) is 0 Å². The summed E-state index contributed by atoms with van der Waals surface area (Å²) < 4.78 is 9.19. The van der Waals surface area contributed by atoms with Crippen LogP contribution in [0.15, 0.2) is 9.98 Å². The van der Waals surface area contributed by atoms with Gasteiger partial charge in [-0.15, -0.1) is 0 Å². The second-order valence-electron chi connectivity index (χ2n) is 2.19. The summed E-state index contributed by atoms with van der Waals surface area (Å²) in [6, 6.07) is 0.